The quantitative estimate of drug-likeness (QED) is 0.744. The van der Waals surface area contributed by atoms with E-state index in [-0.39, 0.29) is 40.7 Å². The topological polar surface area (TPSA) is 110 Å². The lowest BCUT2D eigenvalue weighted by molar-refractivity contribution is -0.0440. The van der Waals surface area contributed by atoms with Gasteiger partial charge in [0.2, 0.25) is 10.0 Å². The van der Waals surface area contributed by atoms with Gasteiger partial charge < -0.3 is 10.1 Å². The van der Waals surface area contributed by atoms with Crippen LogP contribution in [0.4, 0.5) is 5.69 Å². The maximum absolute atomic E-state index is 13.0. The van der Waals surface area contributed by atoms with Crippen molar-refractivity contribution in [2.45, 2.75) is 35.8 Å². The lowest BCUT2D eigenvalue weighted by Gasteiger charge is -2.34. The molecule has 2 aromatic rings. The molecule has 1 fully saturated rings. The Kier molecular flexibility index (Phi) is 6.32. The van der Waals surface area contributed by atoms with Crippen LogP contribution in [0.5, 0.6) is 0 Å². The Morgan fingerprint density at radius 3 is 2.13 bits per heavy atom. The number of nitrogens with one attached hydrogen (secondary N) is 1. The van der Waals surface area contributed by atoms with Crippen LogP contribution in [0.1, 0.15) is 24.2 Å². The molecule has 1 aliphatic heterocycles. The number of carbonyl (C=O) groups is 1. The van der Waals surface area contributed by atoms with Crippen molar-refractivity contribution in [1.29, 1.82) is 0 Å². The number of benzene rings is 2. The first kappa shape index (κ1) is 22.4. The van der Waals surface area contributed by atoms with E-state index in [0.29, 0.717) is 5.69 Å². The SMILES string of the molecule is CC1CN(S(=O)(=O)c2cccc(C(=O)Nc3ccc(S(C)(=O)=O)cc3)c2)CC(C)O1. The van der Waals surface area contributed by atoms with E-state index in [1.807, 2.05) is 13.8 Å². The van der Waals surface area contributed by atoms with Gasteiger partial charge in [0.25, 0.3) is 5.91 Å². The van der Waals surface area contributed by atoms with Crippen LogP contribution < -0.4 is 5.32 Å². The number of morpholine rings is 1. The van der Waals surface area contributed by atoms with Gasteiger partial charge >= 0.3 is 0 Å². The first-order valence-corrected chi connectivity index (χ1v) is 12.7. The number of carbonyl (C=O) groups excluding carboxylic acids is 1. The van der Waals surface area contributed by atoms with Crippen LogP contribution in [-0.2, 0) is 24.6 Å². The summed E-state index contributed by atoms with van der Waals surface area (Å²) >= 11 is 0. The minimum atomic E-state index is -3.77. The molecule has 10 heteroatoms. The summed E-state index contributed by atoms with van der Waals surface area (Å²) in [6.07, 6.45) is 0.664. The first-order chi connectivity index (χ1) is 14.0. The number of hydrogen-bond acceptors (Lipinski definition) is 6. The fraction of sp³-hybridized carbons (Fsp3) is 0.350. The van der Waals surface area contributed by atoms with E-state index < -0.39 is 25.8 Å². The number of rotatable bonds is 5. The molecule has 8 nitrogen and oxygen atoms in total. The monoisotopic (exact) mass is 452 g/mol. The summed E-state index contributed by atoms with van der Waals surface area (Å²) in [7, 11) is -7.11. The van der Waals surface area contributed by atoms with Crippen molar-refractivity contribution >= 4 is 31.5 Å². The molecule has 0 aliphatic carbocycles. The maximum Gasteiger partial charge on any atom is 0.255 e. The molecule has 3 rings (SSSR count). The lowest BCUT2D eigenvalue weighted by Crippen LogP contribution is -2.48. The largest absolute Gasteiger partial charge is 0.373 e. The van der Waals surface area contributed by atoms with Crippen molar-refractivity contribution < 1.29 is 26.4 Å². The average Bonchev–Trinajstić information content (AvgIpc) is 2.67. The predicted octanol–water partition coefficient (Wildman–Crippen LogP) is 2.14. The Morgan fingerprint density at radius 2 is 1.57 bits per heavy atom. The Balaban J connectivity index is 1.80. The van der Waals surface area contributed by atoms with Gasteiger partial charge in [-0.15, -0.1) is 0 Å². The number of amides is 1. The molecule has 1 N–H and O–H groups in total. The molecule has 2 unspecified atom stereocenters. The zero-order valence-corrected chi connectivity index (χ0v) is 18.5. The predicted molar refractivity (Wildman–Crippen MR) is 113 cm³/mol. The summed E-state index contributed by atoms with van der Waals surface area (Å²) in [6, 6.07) is 11.6. The van der Waals surface area contributed by atoms with E-state index in [9.17, 15) is 21.6 Å². The fourth-order valence-electron chi connectivity index (χ4n) is 3.26. The molecule has 0 bridgehead atoms. The van der Waals surface area contributed by atoms with Gasteiger partial charge in [-0.25, -0.2) is 16.8 Å². The molecule has 0 aromatic heterocycles. The maximum atomic E-state index is 13.0. The van der Waals surface area contributed by atoms with Gasteiger partial charge in [-0.2, -0.15) is 4.31 Å². The zero-order valence-electron chi connectivity index (χ0n) is 16.9. The van der Waals surface area contributed by atoms with Crippen LogP contribution >= 0.6 is 0 Å². The number of hydrogen-bond donors (Lipinski definition) is 1. The van der Waals surface area contributed by atoms with Gasteiger partial charge in [0.15, 0.2) is 9.84 Å². The van der Waals surface area contributed by atoms with Crippen LogP contribution in [0, 0.1) is 0 Å². The zero-order chi connectivity index (χ0) is 22.1. The highest BCUT2D eigenvalue weighted by molar-refractivity contribution is 7.90. The van der Waals surface area contributed by atoms with Crippen LogP contribution in [0.2, 0.25) is 0 Å². The summed E-state index contributed by atoms with van der Waals surface area (Å²) in [5.74, 6) is -0.497. The van der Waals surface area contributed by atoms with Gasteiger partial charge in [-0.1, -0.05) is 6.07 Å². The molecular weight excluding hydrogens is 428 g/mol. The summed E-state index contributed by atoms with van der Waals surface area (Å²) in [5, 5.41) is 2.65. The molecule has 1 aliphatic rings. The third-order valence-corrected chi connectivity index (χ3v) is 7.62. The first-order valence-electron chi connectivity index (χ1n) is 9.34. The second-order valence-electron chi connectivity index (χ2n) is 7.36. The highest BCUT2D eigenvalue weighted by Crippen LogP contribution is 2.22. The molecule has 1 saturated heterocycles. The Bertz CT molecular complexity index is 1130. The lowest BCUT2D eigenvalue weighted by atomic mass is 10.2. The molecule has 1 heterocycles. The molecule has 0 spiro atoms. The Labute approximate surface area is 176 Å². The van der Waals surface area contributed by atoms with Crippen molar-refractivity contribution in [3.63, 3.8) is 0 Å². The third-order valence-electron chi connectivity index (χ3n) is 4.66. The molecule has 2 aromatic carbocycles. The van der Waals surface area contributed by atoms with Gasteiger partial charge in [0.05, 0.1) is 22.0 Å². The van der Waals surface area contributed by atoms with E-state index in [0.717, 1.165) is 6.26 Å². The number of nitrogens with zero attached hydrogens (tertiary/aromatic N) is 1. The second kappa shape index (κ2) is 8.46. The second-order valence-corrected chi connectivity index (χ2v) is 11.3. The number of anilines is 1. The van der Waals surface area contributed by atoms with Crippen molar-refractivity contribution in [3.8, 4) is 0 Å². The molecule has 1 amide bonds. The fourth-order valence-corrected chi connectivity index (χ4v) is 5.53. The number of sulfonamides is 1. The molecule has 0 saturated carbocycles. The van der Waals surface area contributed by atoms with Crippen LogP contribution in [0.25, 0.3) is 0 Å². The highest BCUT2D eigenvalue weighted by atomic mass is 32.2. The van der Waals surface area contributed by atoms with Crippen LogP contribution in [0.3, 0.4) is 0 Å². The van der Waals surface area contributed by atoms with Crippen molar-refractivity contribution in [2.75, 3.05) is 24.7 Å². The van der Waals surface area contributed by atoms with Crippen molar-refractivity contribution in [1.82, 2.24) is 4.31 Å². The van der Waals surface area contributed by atoms with Crippen LogP contribution in [-0.4, -0.2) is 58.6 Å². The summed E-state index contributed by atoms with van der Waals surface area (Å²) in [4.78, 5) is 12.8. The smallest absolute Gasteiger partial charge is 0.255 e. The highest BCUT2D eigenvalue weighted by Gasteiger charge is 2.32. The number of sulfone groups is 1. The van der Waals surface area contributed by atoms with Gasteiger partial charge in [-0.05, 0) is 56.3 Å². The standard InChI is InChI=1S/C20H24N2O6S2/c1-14-12-22(13-15(2)28-14)30(26,27)19-6-4-5-16(11-19)20(23)21-17-7-9-18(10-8-17)29(3,24)25/h4-11,14-15H,12-13H2,1-3H3,(H,21,23). The number of ether oxygens (including phenoxy) is 1. The molecular formula is C20H24N2O6S2. The van der Waals surface area contributed by atoms with Gasteiger partial charge in [-0.3, -0.25) is 4.79 Å². The Morgan fingerprint density at radius 1 is 0.967 bits per heavy atom. The molecule has 2 atom stereocenters. The summed E-state index contributed by atoms with van der Waals surface area (Å²) in [6.45, 7) is 4.12. The van der Waals surface area contributed by atoms with Gasteiger partial charge in [0, 0.05) is 30.6 Å². The minimum Gasteiger partial charge on any atom is -0.373 e. The molecule has 30 heavy (non-hydrogen) atoms. The van der Waals surface area contributed by atoms with E-state index in [1.54, 1.807) is 0 Å². The van der Waals surface area contributed by atoms with Crippen LogP contribution in [0.15, 0.2) is 58.3 Å². The van der Waals surface area contributed by atoms with E-state index >= 15 is 0 Å². The normalized spacial score (nSPS) is 20.6. The van der Waals surface area contributed by atoms with Gasteiger partial charge in [0.1, 0.15) is 0 Å². The average molecular weight is 453 g/mol. The third kappa shape index (κ3) is 5.07. The summed E-state index contributed by atoms with van der Waals surface area (Å²) in [5.41, 5.74) is 0.578. The molecule has 162 valence electrons. The van der Waals surface area contributed by atoms with E-state index in [4.69, 9.17) is 4.74 Å². The van der Waals surface area contributed by atoms with Crippen molar-refractivity contribution in [3.05, 3.63) is 54.1 Å². The van der Waals surface area contributed by atoms with E-state index in [2.05, 4.69) is 5.32 Å². The van der Waals surface area contributed by atoms with E-state index in [1.165, 1.54) is 52.8 Å². The van der Waals surface area contributed by atoms with Crippen molar-refractivity contribution in [2.24, 2.45) is 0 Å². The molecule has 0 radical (unpaired) electrons. The summed E-state index contributed by atoms with van der Waals surface area (Å²) < 4.78 is 56.1. The Hall–Kier alpha value is -2.27. The minimum absolute atomic E-state index is 0.0314.